The van der Waals surface area contributed by atoms with Gasteiger partial charge in [-0.05, 0) is 64.2 Å². The van der Waals surface area contributed by atoms with Gasteiger partial charge >= 0.3 is 12.3 Å². The summed E-state index contributed by atoms with van der Waals surface area (Å²) < 4.78 is 21.9. The quantitative estimate of drug-likeness (QED) is 0.450. The van der Waals surface area contributed by atoms with Gasteiger partial charge < -0.3 is 18.9 Å². The van der Waals surface area contributed by atoms with E-state index in [1.807, 2.05) is 13.8 Å². The molecule has 1 atom stereocenters. The van der Waals surface area contributed by atoms with Gasteiger partial charge in [-0.25, -0.2) is 9.59 Å². The molecule has 0 aliphatic heterocycles. The largest absolute Gasteiger partial charge is 0.509 e. The zero-order chi connectivity index (χ0) is 19.5. The van der Waals surface area contributed by atoms with E-state index in [2.05, 4.69) is 0 Å². The molecular formula is C21H35O6. The molecule has 2 aliphatic rings. The van der Waals surface area contributed by atoms with Crippen molar-refractivity contribution in [3.63, 3.8) is 0 Å². The minimum absolute atomic E-state index is 0.0495. The first-order valence-electron chi connectivity index (χ1n) is 10.7. The molecule has 0 aromatic rings. The van der Waals surface area contributed by atoms with Gasteiger partial charge in [-0.3, -0.25) is 0 Å². The summed E-state index contributed by atoms with van der Waals surface area (Å²) in [6.07, 6.45) is 10.2. The van der Waals surface area contributed by atoms with Gasteiger partial charge in [0.25, 0.3) is 0 Å². The van der Waals surface area contributed by atoms with E-state index in [1.165, 1.54) is 6.42 Å². The summed E-state index contributed by atoms with van der Waals surface area (Å²) in [5.41, 5.74) is 0. The van der Waals surface area contributed by atoms with Crippen LogP contribution in [0, 0.1) is 6.10 Å². The number of carbonyl (C=O) groups excluding carboxylic acids is 2. The lowest BCUT2D eigenvalue weighted by Gasteiger charge is -2.27. The highest BCUT2D eigenvalue weighted by molar-refractivity contribution is 5.62. The summed E-state index contributed by atoms with van der Waals surface area (Å²) in [6.45, 7) is 4.00. The molecule has 2 rings (SSSR count). The predicted molar refractivity (Wildman–Crippen MR) is 101 cm³/mol. The van der Waals surface area contributed by atoms with Crippen molar-refractivity contribution in [3.8, 4) is 0 Å². The third-order valence-corrected chi connectivity index (χ3v) is 5.24. The first kappa shape index (κ1) is 21.8. The van der Waals surface area contributed by atoms with Gasteiger partial charge in [0, 0.05) is 0 Å². The fraction of sp³-hybridized carbons (Fsp3) is 0.857. The molecule has 27 heavy (non-hydrogen) atoms. The van der Waals surface area contributed by atoms with E-state index in [4.69, 9.17) is 18.9 Å². The minimum Gasteiger partial charge on any atom is -0.431 e. The van der Waals surface area contributed by atoms with E-state index in [-0.39, 0.29) is 12.2 Å². The van der Waals surface area contributed by atoms with Gasteiger partial charge in [0.2, 0.25) is 0 Å². The Morgan fingerprint density at radius 3 is 1.93 bits per heavy atom. The van der Waals surface area contributed by atoms with E-state index in [9.17, 15) is 9.59 Å². The highest BCUT2D eigenvalue weighted by Gasteiger charge is 2.32. The summed E-state index contributed by atoms with van der Waals surface area (Å²) in [4.78, 5) is 24.4. The molecule has 0 bridgehead atoms. The molecule has 2 fully saturated rings. The van der Waals surface area contributed by atoms with Crippen LogP contribution in [0.3, 0.4) is 0 Å². The zero-order valence-corrected chi connectivity index (χ0v) is 16.9. The second-order valence-corrected chi connectivity index (χ2v) is 7.62. The van der Waals surface area contributed by atoms with Gasteiger partial charge in [-0.1, -0.05) is 33.1 Å². The van der Waals surface area contributed by atoms with Gasteiger partial charge in [-0.15, -0.1) is 0 Å². The minimum atomic E-state index is -0.681. The third kappa shape index (κ3) is 7.97. The average Bonchev–Trinajstić information content (AvgIpc) is 3.14. The average molecular weight is 384 g/mol. The molecular weight excluding hydrogens is 348 g/mol. The van der Waals surface area contributed by atoms with Crippen LogP contribution >= 0.6 is 0 Å². The molecule has 2 aliphatic carbocycles. The van der Waals surface area contributed by atoms with E-state index in [0.717, 1.165) is 64.2 Å². The summed E-state index contributed by atoms with van der Waals surface area (Å²) in [6, 6.07) is 0. The normalized spacial score (nSPS) is 19.7. The lowest BCUT2D eigenvalue weighted by Crippen LogP contribution is -2.32. The summed E-state index contributed by atoms with van der Waals surface area (Å²) in [5, 5.41) is 0. The molecule has 0 spiro atoms. The summed E-state index contributed by atoms with van der Waals surface area (Å²) >= 11 is 0. The van der Waals surface area contributed by atoms with Crippen molar-refractivity contribution in [2.24, 2.45) is 0 Å². The van der Waals surface area contributed by atoms with Crippen LogP contribution < -0.4 is 0 Å². The van der Waals surface area contributed by atoms with Crippen molar-refractivity contribution in [1.82, 2.24) is 0 Å². The van der Waals surface area contributed by atoms with Crippen molar-refractivity contribution in [2.45, 2.75) is 116 Å². The molecule has 2 saturated carbocycles. The van der Waals surface area contributed by atoms with Crippen LogP contribution in [0.5, 0.6) is 0 Å². The molecule has 0 amide bonds. The van der Waals surface area contributed by atoms with Gasteiger partial charge in [-0.2, -0.15) is 0 Å². The van der Waals surface area contributed by atoms with E-state index < -0.39 is 18.4 Å². The van der Waals surface area contributed by atoms with E-state index in [1.54, 1.807) is 0 Å². The Balaban J connectivity index is 1.87. The Morgan fingerprint density at radius 2 is 1.37 bits per heavy atom. The molecule has 6 nitrogen and oxygen atoms in total. The topological polar surface area (TPSA) is 71.1 Å². The van der Waals surface area contributed by atoms with Crippen LogP contribution in [0.1, 0.15) is 97.3 Å². The van der Waals surface area contributed by atoms with Crippen LogP contribution in [0.4, 0.5) is 9.59 Å². The van der Waals surface area contributed by atoms with Crippen LogP contribution in [0.25, 0.3) is 0 Å². The monoisotopic (exact) mass is 383 g/mol. The third-order valence-electron chi connectivity index (χ3n) is 5.24. The molecule has 6 heteroatoms. The van der Waals surface area contributed by atoms with Crippen LogP contribution in [0.15, 0.2) is 0 Å². The summed E-state index contributed by atoms with van der Waals surface area (Å²) in [5.74, 6) is 0. The van der Waals surface area contributed by atoms with E-state index in [0.29, 0.717) is 18.9 Å². The number of hydrogen-bond donors (Lipinski definition) is 0. The second-order valence-electron chi connectivity index (χ2n) is 7.62. The van der Waals surface area contributed by atoms with E-state index >= 15 is 0 Å². The molecule has 1 radical (unpaired) electrons. The molecule has 0 aromatic heterocycles. The Bertz CT molecular complexity index is 440. The van der Waals surface area contributed by atoms with Gasteiger partial charge in [0.15, 0.2) is 6.10 Å². The van der Waals surface area contributed by atoms with Crippen molar-refractivity contribution >= 4 is 12.3 Å². The Kier molecular flexibility index (Phi) is 9.78. The first-order chi connectivity index (χ1) is 13.1. The van der Waals surface area contributed by atoms with Gasteiger partial charge in [0.05, 0.1) is 0 Å². The van der Waals surface area contributed by atoms with Gasteiger partial charge in [0.1, 0.15) is 18.3 Å². The molecule has 0 saturated heterocycles. The molecule has 0 N–H and O–H groups in total. The SMILES string of the molecule is CCC[C](OC(=O)OC1CCCCC1)C(CCC)OC(=O)OC1CCCC1. The highest BCUT2D eigenvalue weighted by Crippen LogP contribution is 2.27. The van der Waals surface area contributed by atoms with Crippen molar-refractivity contribution in [2.75, 3.05) is 0 Å². The Labute approximate surface area is 163 Å². The smallest absolute Gasteiger partial charge is 0.431 e. The maximum Gasteiger partial charge on any atom is 0.509 e. The highest BCUT2D eigenvalue weighted by atomic mass is 16.8. The van der Waals surface area contributed by atoms with Crippen LogP contribution in [-0.4, -0.2) is 30.6 Å². The Hall–Kier alpha value is -1.46. The number of carbonyl (C=O) groups is 2. The predicted octanol–water partition coefficient (Wildman–Crippen LogP) is 6.07. The molecule has 0 aromatic carbocycles. The van der Waals surface area contributed by atoms with Crippen molar-refractivity contribution in [1.29, 1.82) is 0 Å². The fourth-order valence-corrected chi connectivity index (χ4v) is 3.81. The summed E-state index contributed by atoms with van der Waals surface area (Å²) in [7, 11) is 0. The standard InChI is InChI=1S/C21H35O6/c1-3-10-18(26-20(22)24-16-12-6-5-7-13-16)19(11-4-2)27-21(23)25-17-14-8-9-15-17/h16-17,19H,3-15H2,1-2H3. The molecule has 0 heterocycles. The van der Waals surface area contributed by atoms with Crippen LogP contribution in [0.2, 0.25) is 0 Å². The Morgan fingerprint density at radius 1 is 0.815 bits per heavy atom. The zero-order valence-electron chi connectivity index (χ0n) is 16.9. The van der Waals surface area contributed by atoms with Crippen LogP contribution in [-0.2, 0) is 18.9 Å². The lowest BCUT2D eigenvalue weighted by molar-refractivity contribution is -0.0393. The maximum atomic E-state index is 12.2. The van der Waals surface area contributed by atoms with Crippen molar-refractivity contribution in [3.05, 3.63) is 6.10 Å². The first-order valence-corrected chi connectivity index (χ1v) is 10.7. The molecule has 155 valence electrons. The number of ether oxygens (including phenoxy) is 4. The second kappa shape index (κ2) is 12.1. The van der Waals surface area contributed by atoms with Crippen molar-refractivity contribution < 1.29 is 28.5 Å². The number of rotatable bonds is 9. The fourth-order valence-electron chi connectivity index (χ4n) is 3.81. The molecule has 1 unspecified atom stereocenters. The maximum absolute atomic E-state index is 12.2. The number of hydrogen-bond acceptors (Lipinski definition) is 6. The lowest BCUT2D eigenvalue weighted by atomic mass is 9.98.